The highest BCUT2D eigenvalue weighted by Crippen LogP contribution is 2.31. The van der Waals surface area contributed by atoms with Gasteiger partial charge in [-0.15, -0.1) is 0 Å². The first-order chi connectivity index (χ1) is 15.7. The van der Waals surface area contributed by atoms with Gasteiger partial charge in [-0.1, -0.05) is 42.0 Å². The molecule has 170 valence electrons. The number of amides is 1. The Bertz CT molecular complexity index is 1370. The van der Waals surface area contributed by atoms with Crippen molar-refractivity contribution in [3.63, 3.8) is 0 Å². The molecule has 0 radical (unpaired) electrons. The number of nitrogens with one attached hydrogen (secondary N) is 1. The lowest BCUT2D eigenvalue weighted by Crippen LogP contribution is -2.29. The van der Waals surface area contributed by atoms with Crippen molar-refractivity contribution in [1.29, 1.82) is 0 Å². The number of fused-ring (bicyclic) bond motifs is 1. The molecule has 0 aliphatic carbocycles. The SMILES string of the molecule is Cc1cccc(Cn2cnc3c(cnn3CCNC(=O)c3ccccc3C(F)(F)F)c2=O)c1. The number of alkyl halides is 3. The Hall–Kier alpha value is -3.95. The molecule has 1 N–H and O–H groups in total. The van der Waals surface area contributed by atoms with E-state index in [0.29, 0.717) is 17.6 Å². The van der Waals surface area contributed by atoms with Crippen LogP contribution in [0.25, 0.3) is 11.0 Å². The average molecular weight is 455 g/mol. The number of hydrogen-bond acceptors (Lipinski definition) is 4. The average Bonchev–Trinajstić information content (AvgIpc) is 3.19. The van der Waals surface area contributed by atoms with Crippen LogP contribution in [0.1, 0.15) is 27.0 Å². The third-order valence-corrected chi connectivity index (χ3v) is 5.14. The number of nitrogens with zero attached hydrogens (tertiary/aromatic N) is 4. The maximum atomic E-state index is 13.1. The van der Waals surface area contributed by atoms with Gasteiger partial charge < -0.3 is 5.32 Å². The van der Waals surface area contributed by atoms with Gasteiger partial charge in [-0.05, 0) is 24.6 Å². The number of halogens is 3. The number of aromatic nitrogens is 4. The van der Waals surface area contributed by atoms with E-state index in [-0.39, 0.29) is 18.6 Å². The summed E-state index contributed by atoms with van der Waals surface area (Å²) in [5.41, 5.74) is 0.687. The Morgan fingerprint density at radius 3 is 2.67 bits per heavy atom. The summed E-state index contributed by atoms with van der Waals surface area (Å²) in [6, 6.07) is 12.4. The van der Waals surface area contributed by atoms with Crippen LogP contribution in [0.3, 0.4) is 0 Å². The molecular weight excluding hydrogens is 435 g/mol. The van der Waals surface area contributed by atoms with Gasteiger partial charge in [0.25, 0.3) is 11.5 Å². The minimum Gasteiger partial charge on any atom is -0.350 e. The van der Waals surface area contributed by atoms with E-state index in [4.69, 9.17) is 0 Å². The second kappa shape index (κ2) is 8.89. The zero-order chi connectivity index (χ0) is 23.6. The van der Waals surface area contributed by atoms with Crippen LogP contribution < -0.4 is 10.9 Å². The predicted molar refractivity (Wildman–Crippen MR) is 116 cm³/mol. The topological polar surface area (TPSA) is 81.8 Å². The maximum Gasteiger partial charge on any atom is 0.417 e. The zero-order valence-corrected chi connectivity index (χ0v) is 17.6. The Labute approximate surface area is 186 Å². The number of carbonyl (C=O) groups is 1. The van der Waals surface area contributed by atoms with Crippen molar-refractivity contribution in [3.05, 3.63) is 93.7 Å². The summed E-state index contributed by atoms with van der Waals surface area (Å²) in [6.45, 7) is 2.48. The fraction of sp³-hybridized carbons (Fsp3) is 0.217. The number of rotatable bonds is 6. The quantitative estimate of drug-likeness (QED) is 0.483. The molecule has 0 saturated heterocycles. The van der Waals surface area contributed by atoms with Gasteiger partial charge in [-0.25, -0.2) is 9.67 Å². The third-order valence-electron chi connectivity index (χ3n) is 5.14. The molecule has 4 aromatic rings. The van der Waals surface area contributed by atoms with Gasteiger partial charge in [0, 0.05) is 6.54 Å². The molecule has 10 heteroatoms. The van der Waals surface area contributed by atoms with Gasteiger partial charge in [0.15, 0.2) is 5.65 Å². The van der Waals surface area contributed by atoms with Crippen molar-refractivity contribution >= 4 is 16.9 Å². The summed E-state index contributed by atoms with van der Waals surface area (Å²) < 4.78 is 42.3. The van der Waals surface area contributed by atoms with Crippen LogP contribution in [0.5, 0.6) is 0 Å². The smallest absolute Gasteiger partial charge is 0.350 e. The van der Waals surface area contributed by atoms with E-state index in [1.165, 1.54) is 33.9 Å². The van der Waals surface area contributed by atoms with Crippen LogP contribution >= 0.6 is 0 Å². The Kier molecular flexibility index (Phi) is 5.99. The Morgan fingerprint density at radius 1 is 1.12 bits per heavy atom. The first-order valence-electron chi connectivity index (χ1n) is 10.1. The van der Waals surface area contributed by atoms with Crippen LogP contribution in [0, 0.1) is 6.92 Å². The number of aryl methyl sites for hydroxylation is 1. The van der Waals surface area contributed by atoms with Crippen LogP contribution in [-0.2, 0) is 19.3 Å². The van der Waals surface area contributed by atoms with Crippen molar-refractivity contribution in [2.45, 2.75) is 26.2 Å². The predicted octanol–water partition coefficient (Wildman–Crippen LogP) is 3.40. The maximum absolute atomic E-state index is 13.1. The lowest BCUT2D eigenvalue weighted by Gasteiger charge is -2.12. The van der Waals surface area contributed by atoms with Crippen LogP contribution in [0.4, 0.5) is 13.2 Å². The third kappa shape index (κ3) is 4.79. The monoisotopic (exact) mass is 455 g/mol. The lowest BCUT2D eigenvalue weighted by atomic mass is 10.1. The molecule has 0 aliphatic heterocycles. The van der Waals surface area contributed by atoms with Crippen molar-refractivity contribution in [2.75, 3.05) is 6.54 Å². The molecule has 0 atom stereocenters. The molecule has 2 heterocycles. The number of carbonyl (C=O) groups excluding carboxylic acids is 1. The summed E-state index contributed by atoms with van der Waals surface area (Å²) in [4.78, 5) is 29.4. The summed E-state index contributed by atoms with van der Waals surface area (Å²) in [5.74, 6) is -0.840. The van der Waals surface area contributed by atoms with Crippen molar-refractivity contribution in [3.8, 4) is 0 Å². The van der Waals surface area contributed by atoms with Crippen molar-refractivity contribution < 1.29 is 18.0 Å². The van der Waals surface area contributed by atoms with Gasteiger partial charge >= 0.3 is 6.18 Å². The van der Waals surface area contributed by atoms with E-state index in [1.54, 1.807) is 0 Å². The van der Waals surface area contributed by atoms with Gasteiger partial charge in [0.05, 0.1) is 30.4 Å². The van der Waals surface area contributed by atoms with E-state index >= 15 is 0 Å². The van der Waals surface area contributed by atoms with E-state index in [9.17, 15) is 22.8 Å². The molecule has 33 heavy (non-hydrogen) atoms. The Balaban J connectivity index is 1.47. The molecule has 0 saturated carbocycles. The molecule has 0 unspecified atom stereocenters. The van der Waals surface area contributed by atoms with Crippen LogP contribution in [0.15, 0.2) is 65.8 Å². The molecule has 4 rings (SSSR count). The summed E-state index contributed by atoms with van der Waals surface area (Å²) >= 11 is 0. The van der Waals surface area contributed by atoms with E-state index in [0.717, 1.165) is 23.3 Å². The molecular formula is C23H20F3N5O2. The molecule has 7 nitrogen and oxygen atoms in total. The van der Waals surface area contributed by atoms with Gasteiger partial charge in [0.2, 0.25) is 0 Å². The summed E-state index contributed by atoms with van der Waals surface area (Å²) in [6.07, 6.45) is -1.80. The minimum atomic E-state index is -4.63. The fourth-order valence-electron chi connectivity index (χ4n) is 3.58. The normalized spacial score (nSPS) is 11.6. The standard InChI is InChI=1S/C23H20F3N5O2/c1-15-5-4-6-16(11-15)13-30-14-28-20-18(22(30)33)12-29-31(20)10-9-27-21(32)17-7-2-3-8-19(17)23(24,25)26/h2-8,11-12,14H,9-10,13H2,1H3,(H,27,32). The second-order valence-corrected chi connectivity index (χ2v) is 7.57. The van der Waals surface area contributed by atoms with E-state index < -0.39 is 23.2 Å². The molecule has 2 aromatic carbocycles. The van der Waals surface area contributed by atoms with E-state index in [1.807, 2.05) is 31.2 Å². The van der Waals surface area contributed by atoms with Gasteiger partial charge in [-0.3, -0.25) is 14.2 Å². The first-order valence-corrected chi connectivity index (χ1v) is 10.1. The molecule has 0 fully saturated rings. The van der Waals surface area contributed by atoms with E-state index in [2.05, 4.69) is 15.4 Å². The van der Waals surface area contributed by atoms with Gasteiger partial charge in [0.1, 0.15) is 11.7 Å². The highest BCUT2D eigenvalue weighted by atomic mass is 19.4. The fourth-order valence-corrected chi connectivity index (χ4v) is 3.58. The largest absolute Gasteiger partial charge is 0.417 e. The van der Waals surface area contributed by atoms with Crippen molar-refractivity contribution in [2.24, 2.45) is 0 Å². The van der Waals surface area contributed by atoms with Crippen LogP contribution in [-0.4, -0.2) is 31.8 Å². The summed E-state index contributed by atoms with van der Waals surface area (Å²) in [7, 11) is 0. The van der Waals surface area contributed by atoms with Crippen molar-refractivity contribution in [1.82, 2.24) is 24.6 Å². The number of benzene rings is 2. The number of hydrogen-bond donors (Lipinski definition) is 1. The summed E-state index contributed by atoms with van der Waals surface area (Å²) in [5, 5.41) is 6.94. The first kappa shape index (κ1) is 22.3. The highest BCUT2D eigenvalue weighted by molar-refractivity contribution is 5.95. The minimum absolute atomic E-state index is 0.00978. The second-order valence-electron chi connectivity index (χ2n) is 7.57. The molecule has 0 bridgehead atoms. The molecule has 2 aromatic heterocycles. The molecule has 0 aliphatic rings. The zero-order valence-electron chi connectivity index (χ0n) is 17.6. The molecule has 1 amide bonds. The Morgan fingerprint density at radius 2 is 1.91 bits per heavy atom. The van der Waals surface area contributed by atoms with Crippen LogP contribution in [0.2, 0.25) is 0 Å². The molecule has 0 spiro atoms. The highest BCUT2D eigenvalue weighted by Gasteiger charge is 2.34. The van der Waals surface area contributed by atoms with Gasteiger partial charge in [-0.2, -0.15) is 18.3 Å². The lowest BCUT2D eigenvalue weighted by molar-refractivity contribution is -0.137.